The van der Waals surface area contributed by atoms with Crippen LogP contribution in [0.5, 0.6) is 0 Å². The first-order valence-electron chi connectivity index (χ1n) is 12.3. The quantitative estimate of drug-likeness (QED) is 0.634. The van der Waals surface area contributed by atoms with Gasteiger partial charge in [-0.2, -0.15) is 0 Å². The molecule has 6 rings (SSSR count). The summed E-state index contributed by atoms with van der Waals surface area (Å²) >= 11 is 0. The van der Waals surface area contributed by atoms with Crippen LogP contribution in [0, 0.1) is 17.8 Å². The molecule has 6 nitrogen and oxygen atoms in total. The monoisotopic (exact) mass is 424 g/mol. The van der Waals surface area contributed by atoms with E-state index in [4.69, 9.17) is 0 Å². The van der Waals surface area contributed by atoms with Gasteiger partial charge in [-0.3, -0.25) is 9.59 Å². The van der Waals surface area contributed by atoms with E-state index in [1.165, 1.54) is 25.8 Å². The van der Waals surface area contributed by atoms with Gasteiger partial charge in [0.1, 0.15) is 5.66 Å². The fourth-order valence-corrected chi connectivity index (χ4v) is 6.58. The highest BCUT2D eigenvalue weighted by Gasteiger charge is 2.55. The first-order valence-corrected chi connectivity index (χ1v) is 12.3. The minimum atomic E-state index is -0.393. The van der Waals surface area contributed by atoms with Crippen molar-refractivity contribution in [3.63, 3.8) is 0 Å². The third-order valence-corrected chi connectivity index (χ3v) is 8.34. The third-order valence-electron chi connectivity index (χ3n) is 8.34. The van der Waals surface area contributed by atoms with Crippen LogP contribution in [0.3, 0.4) is 0 Å². The summed E-state index contributed by atoms with van der Waals surface area (Å²) in [6, 6.07) is 8.41. The molecule has 4 fully saturated rings. The van der Waals surface area contributed by atoms with Crippen molar-refractivity contribution >= 4 is 17.5 Å². The molecule has 2 heterocycles. The second-order valence-electron chi connectivity index (χ2n) is 10.2. The molecule has 6 heteroatoms. The van der Waals surface area contributed by atoms with Crippen LogP contribution < -0.4 is 16.0 Å². The Morgan fingerprint density at radius 3 is 2.87 bits per heavy atom. The van der Waals surface area contributed by atoms with E-state index < -0.39 is 5.66 Å². The van der Waals surface area contributed by atoms with Crippen LogP contribution in [-0.2, 0) is 4.79 Å². The lowest BCUT2D eigenvalue weighted by Gasteiger charge is -2.56. The Labute approximate surface area is 185 Å². The minimum absolute atomic E-state index is 0.00911. The van der Waals surface area contributed by atoms with Crippen LogP contribution in [-0.4, -0.2) is 48.1 Å². The summed E-state index contributed by atoms with van der Waals surface area (Å²) in [6.07, 6.45) is 8.81. The summed E-state index contributed by atoms with van der Waals surface area (Å²) in [5, 5.41) is 10.2. The van der Waals surface area contributed by atoms with Gasteiger partial charge in [0.15, 0.2) is 0 Å². The highest BCUT2D eigenvalue weighted by Crippen LogP contribution is 2.51. The zero-order valence-electron chi connectivity index (χ0n) is 18.7. The number of piperidine rings is 1. The van der Waals surface area contributed by atoms with Gasteiger partial charge in [0, 0.05) is 36.7 Å². The molecule has 2 bridgehead atoms. The molecule has 31 heavy (non-hydrogen) atoms. The molecule has 5 aliphatic rings. The number of carbonyl (C=O) groups is 2. The van der Waals surface area contributed by atoms with Crippen LogP contribution in [0.25, 0.3) is 0 Å². The molecule has 3 saturated carbocycles. The Hall–Kier alpha value is -2.08. The molecule has 1 aromatic rings. The molecule has 0 unspecified atom stereocenters. The highest BCUT2D eigenvalue weighted by atomic mass is 16.2. The first-order chi connectivity index (χ1) is 15.1. The number of hydrogen-bond acceptors (Lipinski definition) is 4. The zero-order valence-corrected chi connectivity index (χ0v) is 18.7. The lowest BCUT2D eigenvalue weighted by atomic mass is 9.58. The van der Waals surface area contributed by atoms with E-state index in [2.05, 4.69) is 27.8 Å². The van der Waals surface area contributed by atoms with Gasteiger partial charge in [0.05, 0.1) is 5.56 Å². The number of anilines is 1. The maximum absolute atomic E-state index is 13.0. The maximum atomic E-state index is 13.0. The van der Waals surface area contributed by atoms with Crippen molar-refractivity contribution in [2.75, 3.05) is 25.0 Å². The number of likely N-dealkylation sites (tertiary alicyclic amines) is 1. The van der Waals surface area contributed by atoms with Gasteiger partial charge in [-0.15, -0.1) is 0 Å². The van der Waals surface area contributed by atoms with E-state index in [1.807, 2.05) is 24.3 Å². The molecule has 1 aromatic carbocycles. The normalized spacial score (nSPS) is 34.7. The van der Waals surface area contributed by atoms with Gasteiger partial charge < -0.3 is 20.9 Å². The molecule has 1 saturated heterocycles. The zero-order chi connectivity index (χ0) is 21.4. The summed E-state index contributed by atoms with van der Waals surface area (Å²) in [4.78, 5) is 28.3. The van der Waals surface area contributed by atoms with Crippen molar-refractivity contribution in [1.82, 2.24) is 15.5 Å². The number of para-hydroxylation sites is 1. The van der Waals surface area contributed by atoms with Crippen LogP contribution >= 0.6 is 0 Å². The van der Waals surface area contributed by atoms with E-state index in [0.717, 1.165) is 50.9 Å². The van der Waals surface area contributed by atoms with Gasteiger partial charge in [0.25, 0.3) is 5.91 Å². The van der Waals surface area contributed by atoms with Crippen molar-refractivity contribution < 1.29 is 9.59 Å². The molecule has 1 spiro atoms. The Morgan fingerprint density at radius 1 is 1.19 bits per heavy atom. The predicted octanol–water partition coefficient (Wildman–Crippen LogP) is 3.36. The van der Waals surface area contributed by atoms with Crippen molar-refractivity contribution in [1.29, 1.82) is 0 Å². The minimum Gasteiger partial charge on any atom is -0.362 e. The van der Waals surface area contributed by atoms with Crippen LogP contribution in [0.2, 0.25) is 0 Å². The smallest absolute Gasteiger partial charge is 0.255 e. The standard InChI is InChI=1S/C25H36N4O2/c1-17-7-4-5-13-29(17)14-6-12-26-23(30)21-15-19-11-10-18(21)16-25(19)27-22-9-3-2-8-20(22)24(31)28-25/h2-3,8-9,17-19,21,27H,4-7,10-16H2,1H3,(H,26,30)(H,28,31)/t17-,18-,19+,21-,25+/m0/s1. The molecule has 2 amide bonds. The van der Waals surface area contributed by atoms with Crippen molar-refractivity contribution in [3.05, 3.63) is 29.8 Å². The fraction of sp³-hybridized carbons (Fsp3) is 0.680. The van der Waals surface area contributed by atoms with Crippen LogP contribution in [0.15, 0.2) is 24.3 Å². The molecule has 168 valence electrons. The van der Waals surface area contributed by atoms with Crippen molar-refractivity contribution in [2.45, 2.75) is 70.0 Å². The van der Waals surface area contributed by atoms with Gasteiger partial charge >= 0.3 is 0 Å². The van der Waals surface area contributed by atoms with E-state index in [9.17, 15) is 9.59 Å². The molecular weight excluding hydrogens is 388 g/mol. The van der Waals surface area contributed by atoms with Crippen molar-refractivity contribution in [3.8, 4) is 0 Å². The number of benzene rings is 1. The highest BCUT2D eigenvalue weighted by molar-refractivity contribution is 6.02. The molecule has 0 aromatic heterocycles. The molecular formula is C25H36N4O2. The largest absolute Gasteiger partial charge is 0.362 e. The summed E-state index contributed by atoms with van der Waals surface area (Å²) in [7, 11) is 0. The van der Waals surface area contributed by atoms with E-state index in [1.54, 1.807) is 0 Å². The maximum Gasteiger partial charge on any atom is 0.255 e. The molecule has 5 atom stereocenters. The van der Waals surface area contributed by atoms with Gasteiger partial charge in [0.2, 0.25) is 5.91 Å². The second-order valence-corrected chi connectivity index (χ2v) is 10.2. The van der Waals surface area contributed by atoms with E-state index in [-0.39, 0.29) is 17.7 Å². The molecule has 0 radical (unpaired) electrons. The topological polar surface area (TPSA) is 73.5 Å². The molecule has 2 aliphatic heterocycles. The number of hydrogen-bond donors (Lipinski definition) is 3. The first kappa shape index (κ1) is 20.8. The number of fused-ring (bicyclic) bond motifs is 3. The second kappa shape index (κ2) is 8.45. The number of nitrogens with zero attached hydrogens (tertiary/aromatic N) is 1. The third kappa shape index (κ3) is 3.95. The fourth-order valence-electron chi connectivity index (χ4n) is 6.58. The predicted molar refractivity (Wildman–Crippen MR) is 122 cm³/mol. The van der Waals surface area contributed by atoms with Gasteiger partial charge in [-0.05, 0) is 76.5 Å². The summed E-state index contributed by atoms with van der Waals surface area (Å²) < 4.78 is 0. The number of carbonyl (C=O) groups excluding carboxylic acids is 2. The summed E-state index contributed by atoms with van der Waals surface area (Å²) in [6.45, 7) is 5.37. The van der Waals surface area contributed by atoms with E-state index >= 15 is 0 Å². The molecule has 3 aliphatic carbocycles. The molecule has 3 N–H and O–H groups in total. The van der Waals surface area contributed by atoms with Crippen LogP contribution in [0.4, 0.5) is 5.69 Å². The summed E-state index contributed by atoms with van der Waals surface area (Å²) in [5.74, 6) is 0.924. The average molecular weight is 425 g/mol. The van der Waals surface area contributed by atoms with Gasteiger partial charge in [-0.1, -0.05) is 18.6 Å². The summed E-state index contributed by atoms with van der Waals surface area (Å²) in [5.41, 5.74) is 1.24. The number of rotatable bonds is 5. The van der Waals surface area contributed by atoms with E-state index in [0.29, 0.717) is 23.4 Å². The SMILES string of the molecule is C[C@H]1CCCCN1CCCNC(=O)[C@H]1C[C@H]2CC[C@H]1C[C@@]21NC(=O)c2ccccc2N1. The lowest BCUT2D eigenvalue weighted by molar-refractivity contribution is -0.132. The Kier molecular flexibility index (Phi) is 5.67. The Bertz CT molecular complexity index is 843. The Balaban J connectivity index is 1.16. The van der Waals surface area contributed by atoms with Crippen LogP contribution in [0.1, 0.15) is 68.6 Å². The van der Waals surface area contributed by atoms with Crippen molar-refractivity contribution in [2.24, 2.45) is 17.8 Å². The Morgan fingerprint density at radius 2 is 2.06 bits per heavy atom. The lowest BCUT2D eigenvalue weighted by Crippen LogP contribution is -2.68. The average Bonchev–Trinajstić information content (AvgIpc) is 2.78. The van der Waals surface area contributed by atoms with Gasteiger partial charge in [-0.25, -0.2) is 0 Å². The number of amides is 2. The number of nitrogens with one attached hydrogen (secondary N) is 3.